The van der Waals surface area contributed by atoms with Crippen molar-refractivity contribution < 1.29 is 14.8 Å². The highest BCUT2D eigenvalue weighted by Gasteiger charge is 2.16. The number of hydrogen-bond acceptors (Lipinski definition) is 5. The predicted octanol–water partition coefficient (Wildman–Crippen LogP) is -0.542. The van der Waals surface area contributed by atoms with E-state index in [0.29, 0.717) is 17.8 Å². The topological polar surface area (TPSA) is 70.8 Å². The maximum absolute atomic E-state index is 9.13. The molecule has 0 saturated carbocycles. The van der Waals surface area contributed by atoms with Gasteiger partial charge in [-0.05, 0) is 17.6 Å². The van der Waals surface area contributed by atoms with Crippen molar-refractivity contribution in [3.8, 4) is 5.75 Å². The Hall–Kier alpha value is -1.83. The Morgan fingerprint density at radius 1 is 1.29 bits per heavy atom. The number of nitrogens with zero attached hydrogens (tertiary/aromatic N) is 3. The first-order valence-electron chi connectivity index (χ1n) is 7.03. The lowest BCUT2D eigenvalue weighted by molar-refractivity contribution is 0.175. The summed E-state index contributed by atoms with van der Waals surface area (Å²) in [6.07, 6.45) is 3.84. The van der Waals surface area contributed by atoms with Crippen molar-refractivity contribution in [1.82, 2.24) is 14.5 Å². The summed E-state index contributed by atoms with van der Waals surface area (Å²) in [6.45, 7) is 4.17. The first-order valence-corrected chi connectivity index (χ1v) is 7.03. The SMILES string of the molecule is OB(O)c1cccc(OCCN2CCn3ccnc3C2)c1. The largest absolute Gasteiger partial charge is 0.492 e. The maximum Gasteiger partial charge on any atom is 0.488 e. The van der Waals surface area contributed by atoms with Crippen LogP contribution in [0, 0.1) is 0 Å². The van der Waals surface area contributed by atoms with E-state index in [1.807, 2.05) is 18.5 Å². The van der Waals surface area contributed by atoms with Crippen molar-refractivity contribution in [1.29, 1.82) is 0 Å². The van der Waals surface area contributed by atoms with Crippen LogP contribution in [0.1, 0.15) is 5.82 Å². The highest BCUT2D eigenvalue weighted by molar-refractivity contribution is 6.58. The summed E-state index contributed by atoms with van der Waals surface area (Å²) < 4.78 is 7.85. The Kier molecular flexibility index (Phi) is 4.24. The van der Waals surface area contributed by atoms with Crippen LogP contribution in [-0.4, -0.2) is 51.3 Å². The minimum absolute atomic E-state index is 0.437. The standard InChI is InChI=1S/C14H18BN3O3/c19-15(20)12-2-1-3-13(10-12)21-9-8-17-6-7-18-5-4-16-14(18)11-17/h1-5,10,19-20H,6-9,11H2. The average Bonchev–Trinajstić information content (AvgIpc) is 2.95. The number of benzene rings is 1. The van der Waals surface area contributed by atoms with Crippen LogP contribution in [0.2, 0.25) is 0 Å². The molecule has 0 bridgehead atoms. The van der Waals surface area contributed by atoms with E-state index in [0.717, 1.165) is 32.0 Å². The Bertz CT molecular complexity index is 603. The molecule has 0 spiro atoms. The van der Waals surface area contributed by atoms with Gasteiger partial charge in [0.05, 0.1) is 6.54 Å². The van der Waals surface area contributed by atoms with Gasteiger partial charge in [0, 0.05) is 32.0 Å². The van der Waals surface area contributed by atoms with Crippen LogP contribution in [0.15, 0.2) is 36.7 Å². The molecule has 0 saturated heterocycles. The molecule has 3 rings (SSSR count). The van der Waals surface area contributed by atoms with Crippen molar-refractivity contribution in [3.05, 3.63) is 42.5 Å². The number of hydrogen-bond donors (Lipinski definition) is 2. The van der Waals surface area contributed by atoms with Gasteiger partial charge in [0.2, 0.25) is 0 Å². The van der Waals surface area contributed by atoms with Gasteiger partial charge < -0.3 is 19.4 Å². The fourth-order valence-corrected chi connectivity index (χ4v) is 2.47. The molecule has 0 atom stereocenters. The molecule has 1 aromatic carbocycles. The molecule has 7 heteroatoms. The summed E-state index contributed by atoms with van der Waals surface area (Å²) in [5.41, 5.74) is 0.437. The van der Waals surface area contributed by atoms with Crippen LogP contribution >= 0.6 is 0 Å². The van der Waals surface area contributed by atoms with E-state index in [9.17, 15) is 0 Å². The van der Waals surface area contributed by atoms with Gasteiger partial charge in [-0.15, -0.1) is 0 Å². The van der Waals surface area contributed by atoms with Crippen LogP contribution in [-0.2, 0) is 13.1 Å². The molecular formula is C14H18BN3O3. The normalized spacial score (nSPS) is 14.8. The van der Waals surface area contributed by atoms with Crippen molar-refractivity contribution >= 4 is 12.6 Å². The molecule has 0 fully saturated rings. The van der Waals surface area contributed by atoms with Gasteiger partial charge >= 0.3 is 7.12 Å². The molecule has 1 aliphatic rings. The molecule has 0 amide bonds. The Morgan fingerprint density at radius 3 is 3.05 bits per heavy atom. The van der Waals surface area contributed by atoms with Crippen molar-refractivity contribution in [2.45, 2.75) is 13.1 Å². The van der Waals surface area contributed by atoms with Crippen LogP contribution < -0.4 is 10.2 Å². The summed E-state index contributed by atoms with van der Waals surface area (Å²) in [5, 5.41) is 18.3. The van der Waals surface area contributed by atoms with E-state index in [-0.39, 0.29) is 0 Å². The lowest BCUT2D eigenvalue weighted by Gasteiger charge is -2.27. The van der Waals surface area contributed by atoms with Gasteiger partial charge in [0.15, 0.2) is 0 Å². The van der Waals surface area contributed by atoms with E-state index in [1.54, 1.807) is 18.2 Å². The predicted molar refractivity (Wildman–Crippen MR) is 79.3 cm³/mol. The minimum Gasteiger partial charge on any atom is -0.492 e. The Labute approximate surface area is 123 Å². The Balaban J connectivity index is 1.49. The number of rotatable bonds is 5. The van der Waals surface area contributed by atoms with E-state index in [4.69, 9.17) is 14.8 Å². The van der Waals surface area contributed by atoms with E-state index in [2.05, 4.69) is 14.5 Å². The van der Waals surface area contributed by atoms with Gasteiger partial charge in [-0.3, -0.25) is 4.90 Å². The molecule has 21 heavy (non-hydrogen) atoms. The van der Waals surface area contributed by atoms with Gasteiger partial charge in [-0.2, -0.15) is 0 Å². The molecule has 0 radical (unpaired) electrons. The zero-order valence-corrected chi connectivity index (χ0v) is 11.7. The number of aromatic nitrogens is 2. The number of imidazole rings is 1. The lowest BCUT2D eigenvalue weighted by atomic mass is 9.80. The molecule has 110 valence electrons. The molecule has 0 aliphatic carbocycles. The van der Waals surface area contributed by atoms with E-state index >= 15 is 0 Å². The average molecular weight is 287 g/mol. The smallest absolute Gasteiger partial charge is 0.488 e. The molecule has 1 aromatic heterocycles. The highest BCUT2D eigenvalue weighted by Crippen LogP contribution is 2.11. The molecule has 2 aromatic rings. The van der Waals surface area contributed by atoms with Crippen LogP contribution in [0.4, 0.5) is 0 Å². The summed E-state index contributed by atoms with van der Waals surface area (Å²) in [5.74, 6) is 1.74. The third-order valence-corrected chi connectivity index (χ3v) is 3.66. The number of ether oxygens (including phenoxy) is 1. The van der Waals surface area contributed by atoms with Gasteiger partial charge in [0.1, 0.15) is 18.2 Å². The van der Waals surface area contributed by atoms with Gasteiger partial charge in [-0.1, -0.05) is 12.1 Å². The van der Waals surface area contributed by atoms with Gasteiger partial charge in [-0.25, -0.2) is 4.98 Å². The second-order valence-corrected chi connectivity index (χ2v) is 5.11. The fourth-order valence-electron chi connectivity index (χ4n) is 2.47. The molecule has 0 unspecified atom stereocenters. The molecule has 1 aliphatic heterocycles. The third kappa shape index (κ3) is 3.44. The van der Waals surface area contributed by atoms with Crippen LogP contribution in [0.3, 0.4) is 0 Å². The summed E-state index contributed by atoms with van der Waals surface area (Å²) >= 11 is 0. The summed E-state index contributed by atoms with van der Waals surface area (Å²) in [7, 11) is -1.46. The van der Waals surface area contributed by atoms with Crippen LogP contribution in [0.25, 0.3) is 0 Å². The van der Waals surface area contributed by atoms with Crippen molar-refractivity contribution in [2.75, 3.05) is 19.7 Å². The van der Waals surface area contributed by atoms with E-state index in [1.165, 1.54) is 0 Å². The maximum atomic E-state index is 9.13. The fraction of sp³-hybridized carbons (Fsp3) is 0.357. The summed E-state index contributed by atoms with van der Waals surface area (Å²) in [4.78, 5) is 6.63. The first kappa shape index (κ1) is 14.1. The van der Waals surface area contributed by atoms with E-state index < -0.39 is 7.12 Å². The minimum atomic E-state index is -1.46. The third-order valence-electron chi connectivity index (χ3n) is 3.66. The molecular weight excluding hydrogens is 269 g/mol. The molecule has 2 N–H and O–H groups in total. The highest BCUT2D eigenvalue weighted by atomic mass is 16.5. The van der Waals surface area contributed by atoms with Gasteiger partial charge in [0.25, 0.3) is 0 Å². The molecule has 2 heterocycles. The first-order chi connectivity index (χ1) is 10.2. The number of fused-ring (bicyclic) bond motifs is 1. The molecule has 6 nitrogen and oxygen atoms in total. The summed E-state index contributed by atoms with van der Waals surface area (Å²) in [6, 6.07) is 6.87. The second-order valence-electron chi connectivity index (χ2n) is 5.11. The van der Waals surface area contributed by atoms with Crippen molar-refractivity contribution in [3.63, 3.8) is 0 Å². The zero-order chi connectivity index (χ0) is 14.7. The monoisotopic (exact) mass is 287 g/mol. The zero-order valence-electron chi connectivity index (χ0n) is 11.7. The lowest BCUT2D eigenvalue weighted by Crippen LogP contribution is -2.36. The quantitative estimate of drug-likeness (QED) is 0.723. The van der Waals surface area contributed by atoms with Crippen molar-refractivity contribution in [2.24, 2.45) is 0 Å². The Morgan fingerprint density at radius 2 is 2.19 bits per heavy atom. The van der Waals surface area contributed by atoms with Crippen LogP contribution in [0.5, 0.6) is 5.75 Å². The second kappa shape index (κ2) is 6.30.